The molecule has 0 spiro atoms. The summed E-state index contributed by atoms with van der Waals surface area (Å²) in [6, 6.07) is 1.85. The van der Waals surface area contributed by atoms with E-state index >= 15 is 0 Å². The van der Waals surface area contributed by atoms with Gasteiger partial charge in [-0.2, -0.15) is 5.26 Å². The van der Waals surface area contributed by atoms with Crippen molar-refractivity contribution in [1.29, 1.82) is 5.26 Å². The molecule has 2 N–H and O–H groups in total. The lowest BCUT2D eigenvalue weighted by atomic mass is 9.86. The normalized spacial score (nSPS) is 34.7. The van der Waals surface area contributed by atoms with E-state index in [0.29, 0.717) is 18.3 Å². The van der Waals surface area contributed by atoms with Gasteiger partial charge < -0.3 is 5.11 Å². The molecule has 0 aliphatic heterocycles. The molecule has 0 aromatic carbocycles. The Morgan fingerprint density at radius 1 is 1.33 bits per heavy atom. The maximum Gasteiger partial charge on any atom is 0.211 e. The van der Waals surface area contributed by atoms with Crippen molar-refractivity contribution in [3.05, 3.63) is 0 Å². The molecule has 4 atom stereocenters. The van der Waals surface area contributed by atoms with Crippen LogP contribution in [0.25, 0.3) is 0 Å². The number of nitrogens with one attached hydrogen (secondary N) is 1. The summed E-state index contributed by atoms with van der Waals surface area (Å²) in [5, 5.41) is 17.8. The van der Waals surface area contributed by atoms with E-state index in [4.69, 9.17) is 5.26 Å². The number of aliphatic hydroxyl groups excluding tert-OH is 1. The van der Waals surface area contributed by atoms with Crippen LogP contribution in [0, 0.1) is 29.1 Å². The van der Waals surface area contributed by atoms with Crippen LogP contribution < -0.4 is 4.72 Å². The molecule has 18 heavy (non-hydrogen) atoms. The van der Waals surface area contributed by atoms with Crippen molar-refractivity contribution in [2.75, 3.05) is 12.4 Å². The van der Waals surface area contributed by atoms with Crippen LogP contribution in [0.15, 0.2) is 0 Å². The van der Waals surface area contributed by atoms with Crippen LogP contribution in [-0.2, 0) is 10.0 Å². The highest BCUT2D eigenvalue weighted by molar-refractivity contribution is 7.89. The zero-order chi connectivity index (χ0) is 13.2. The summed E-state index contributed by atoms with van der Waals surface area (Å²) < 4.78 is 26.5. The summed E-state index contributed by atoms with van der Waals surface area (Å²) >= 11 is 0. The quantitative estimate of drug-likeness (QED) is 0.693. The molecule has 4 unspecified atom stereocenters. The van der Waals surface area contributed by atoms with Gasteiger partial charge in [-0.05, 0) is 37.5 Å². The van der Waals surface area contributed by atoms with Crippen molar-refractivity contribution in [3.63, 3.8) is 0 Å². The van der Waals surface area contributed by atoms with Gasteiger partial charge in [0.2, 0.25) is 10.0 Å². The summed E-state index contributed by atoms with van der Waals surface area (Å²) in [7, 11) is -3.31. The average Bonchev–Trinajstić information content (AvgIpc) is 2.89. The van der Waals surface area contributed by atoms with Gasteiger partial charge in [-0.15, -0.1) is 0 Å². The van der Waals surface area contributed by atoms with Crippen LogP contribution >= 0.6 is 0 Å². The molecule has 2 bridgehead atoms. The zero-order valence-corrected chi connectivity index (χ0v) is 11.2. The number of unbranched alkanes of at least 4 members (excludes halogenated alkanes) is 1. The van der Waals surface area contributed by atoms with Gasteiger partial charge in [0.25, 0.3) is 0 Å². The second-order valence-corrected chi connectivity index (χ2v) is 7.28. The van der Waals surface area contributed by atoms with E-state index in [9.17, 15) is 13.5 Å². The lowest BCUT2D eigenvalue weighted by Crippen LogP contribution is -2.45. The van der Waals surface area contributed by atoms with Gasteiger partial charge in [0, 0.05) is 25.0 Å². The summed E-state index contributed by atoms with van der Waals surface area (Å²) in [6.45, 7) is 0.0621. The molecule has 5 nitrogen and oxygen atoms in total. The van der Waals surface area contributed by atoms with Crippen LogP contribution in [0.5, 0.6) is 0 Å². The first-order chi connectivity index (χ1) is 8.57. The minimum Gasteiger partial charge on any atom is -0.396 e. The van der Waals surface area contributed by atoms with E-state index in [0.717, 1.165) is 19.3 Å². The number of hydrogen-bond acceptors (Lipinski definition) is 4. The van der Waals surface area contributed by atoms with Crippen LogP contribution in [-0.4, -0.2) is 31.9 Å². The second-order valence-electron chi connectivity index (χ2n) is 5.40. The van der Waals surface area contributed by atoms with Crippen molar-refractivity contribution in [2.24, 2.45) is 17.8 Å². The molecule has 0 radical (unpaired) electrons. The van der Waals surface area contributed by atoms with E-state index in [1.54, 1.807) is 0 Å². The Morgan fingerprint density at radius 2 is 2.06 bits per heavy atom. The number of fused-ring (bicyclic) bond motifs is 2. The van der Waals surface area contributed by atoms with Crippen molar-refractivity contribution < 1.29 is 13.5 Å². The van der Waals surface area contributed by atoms with E-state index < -0.39 is 10.0 Å². The number of sulfonamides is 1. The van der Waals surface area contributed by atoms with Gasteiger partial charge in [-0.1, -0.05) is 0 Å². The van der Waals surface area contributed by atoms with Crippen LogP contribution in [0.2, 0.25) is 0 Å². The number of aliphatic hydroxyl groups is 1. The standard InChI is InChI=1S/C12H20N2O3S/c13-5-1-2-6-18(16,17)14-12-10-4-3-9(7-10)11(12)8-15/h9-12,14-15H,1-4,6-8H2. The topological polar surface area (TPSA) is 90.2 Å². The third-order valence-corrected chi connectivity index (χ3v) is 5.77. The predicted molar refractivity (Wildman–Crippen MR) is 67.0 cm³/mol. The molecule has 0 saturated heterocycles. The molecule has 2 aliphatic rings. The first kappa shape index (κ1) is 13.8. The lowest BCUT2D eigenvalue weighted by molar-refractivity contribution is 0.153. The molecule has 0 aromatic rings. The Balaban J connectivity index is 1.94. The molecular formula is C12H20N2O3S. The van der Waals surface area contributed by atoms with E-state index in [1.165, 1.54) is 0 Å². The molecule has 2 rings (SSSR count). The Morgan fingerprint density at radius 3 is 2.72 bits per heavy atom. The molecular weight excluding hydrogens is 252 g/mol. The van der Waals surface area contributed by atoms with Crippen molar-refractivity contribution in [1.82, 2.24) is 4.72 Å². The number of nitriles is 1. The van der Waals surface area contributed by atoms with Gasteiger partial charge in [0.1, 0.15) is 0 Å². The van der Waals surface area contributed by atoms with Gasteiger partial charge in [-0.3, -0.25) is 0 Å². The number of rotatable bonds is 6. The van der Waals surface area contributed by atoms with Gasteiger partial charge in [-0.25, -0.2) is 13.1 Å². The number of nitrogens with zero attached hydrogens (tertiary/aromatic N) is 1. The van der Waals surface area contributed by atoms with Crippen LogP contribution in [0.4, 0.5) is 0 Å². The molecule has 2 aliphatic carbocycles. The summed E-state index contributed by atoms with van der Waals surface area (Å²) in [5.41, 5.74) is 0. The van der Waals surface area contributed by atoms with Crippen molar-refractivity contribution in [3.8, 4) is 6.07 Å². The smallest absolute Gasteiger partial charge is 0.211 e. The Hall–Kier alpha value is -0.640. The van der Waals surface area contributed by atoms with E-state index in [2.05, 4.69) is 4.72 Å². The summed E-state index contributed by atoms with van der Waals surface area (Å²) in [5.74, 6) is 0.950. The maximum absolute atomic E-state index is 11.9. The zero-order valence-electron chi connectivity index (χ0n) is 10.4. The summed E-state index contributed by atoms with van der Waals surface area (Å²) in [4.78, 5) is 0. The third-order valence-electron chi connectivity index (χ3n) is 4.32. The first-order valence-corrected chi connectivity index (χ1v) is 8.20. The molecule has 2 saturated carbocycles. The Labute approximate surface area is 108 Å². The maximum atomic E-state index is 11.9. The first-order valence-electron chi connectivity index (χ1n) is 6.55. The molecule has 6 heteroatoms. The predicted octanol–water partition coefficient (Wildman–Crippen LogP) is 0.617. The monoisotopic (exact) mass is 272 g/mol. The molecule has 0 heterocycles. The minimum atomic E-state index is -3.31. The van der Waals surface area contributed by atoms with Gasteiger partial charge in [0.05, 0.1) is 11.8 Å². The highest BCUT2D eigenvalue weighted by Gasteiger charge is 2.48. The van der Waals surface area contributed by atoms with Gasteiger partial charge in [0.15, 0.2) is 0 Å². The van der Waals surface area contributed by atoms with E-state index in [1.807, 2.05) is 6.07 Å². The van der Waals surface area contributed by atoms with Crippen LogP contribution in [0.3, 0.4) is 0 Å². The van der Waals surface area contributed by atoms with Crippen molar-refractivity contribution >= 4 is 10.0 Å². The highest BCUT2D eigenvalue weighted by atomic mass is 32.2. The highest BCUT2D eigenvalue weighted by Crippen LogP contribution is 2.48. The Bertz CT molecular complexity index is 429. The van der Waals surface area contributed by atoms with Crippen LogP contribution in [0.1, 0.15) is 32.1 Å². The number of hydrogen-bond donors (Lipinski definition) is 2. The molecule has 102 valence electrons. The fraction of sp³-hybridized carbons (Fsp3) is 0.917. The fourth-order valence-electron chi connectivity index (χ4n) is 3.46. The Kier molecular flexibility index (Phi) is 4.25. The fourth-order valence-corrected chi connectivity index (χ4v) is 4.89. The van der Waals surface area contributed by atoms with E-state index in [-0.39, 0.29) is 30.7 Å². The largest absolute Gasteiger partial charge is 0.396 e. The average molecular weight is 272 g/mol. The molecule has 0 aromatic heterocycles. The van der Waals surface area contributed by atoms with Crippen molar-refractivity contribution in [2.45, 2.75) is 38.1 Å². The second kappa shape index (κ2) is 5.55. The van der Waals surface area contributed by atoms with Gasteiger partial charge >= 0.3 is 0 Å². The SMILES string of the molecule is N#CCCCS(=O)(=O)NC1C2CCC(C2)C1CO. The molecule has 2 fully saturated rings. The third kappa shape index (κ3) is 2.85. The summed E-state index contributed by atoms with van der Waals surface area (Å²) in [6.07, 6.45) is 3.85. The molecule has 0 amide bonds. The minimum absolute atomic E-state index is 0.00654. The lowest BCUT2D eigenvalue weighted by Gasteiger charge is -2.30.